The maximum absolute atomic E-state index is 10.1. The van der Waals surface area contributed by atoms with E-state index in [1.807, 2.05) is 0 Å². The van der Waals surface area contributed by atoms with Crippen molar-refractivity contribution in [1.29, 1.82) is 0 Å². The van der Waals surface area contributed by atoms with Gasteiger partial charge in [0.2, 0.25) is 0 Å². The predicted molar refractivity (Wildman–Crippen MR) is 57.4 cm³/mol. The SMILES string of the molecule is COCC1(O)CCN(C(C)(C)C)CC1. The van der Waals surface area contributed by atoms with Crippen LogP contribution in [0.25, 0.3) is 0 Å². The fraction of sp³-hybridized carbons (Fsp3) is 1.00. The lowest BCUT2D eigenvalue weighted by Crippen LogP contribution is -2.52. The number of ether oxygens (including phenoxy) is 1. The minimum absolute atomic E-state index is 0.217. The lowest BCUT2D eigenvalue weighted by Gasteiger charge is -2.44. The van der Waals surface area contributed by atoms with Crippen LogP contribution in [0.2, 0.25) is 0 Å². The second kappa shape index (κ2) is 4.17. The molecule has 3 heteroatoms. The van der Waals surface area contributed by atoms with Crippen molar-refractivity contribution in [2.24, 2.45) is 0 Å². The van der Waals surface area contributed by atoms with E-state index in [2.05, 4.69) is 25.7 Å². The number of nitrogens with zero attached hydrogens (tertiary/aromatic N) is 1. The quantitative estimate of drug-likeness (QED) is 0.730. The first-order valence-corrected chi connectivity index (χ1v) is 5.34. The highest BCUT2D eigenvalue weighted by Gasteiger charge is 2.35. The van der Waals surface area contributed by atoms with Crippen molar-refractivity contribution in [2.45, 2.75) is 44.8 Å². The van der Waals surface area contributed by atoms with E-state index >= 15 is 0 Å². The van der Waals surface area contributed by atoms with Crippen LogP contribution < -0.4 is 0 Å². The first-order valence-electron chi connectivity index (χ1n) is 5.34. The molecule has 0 aliphatic carbocycles. The Morgan fingerprint density at radius 3 is 2.14 bits per heavy atom. The molecule has 0 bridgehead atoms. The van der Waals surface area contributed by atoms with Crippen LogP contribution in [-0.2, 0) is 4.74 Å². The fourth-order valence-electron chi connectivity index (χ4n) is 2.01. The minimum atomic E-state index is -0.587. The third kappa shape index (κ3) is 2.94. The fourth-order valence-corrected chi connectivity index (χ4v) is 2.01. The zero-order chi connectivity index (χ0) is 10.8. The van der Waals surface area contributed by atoms with Gasteiger partial charge in [0.05, 0.1) is 12.2 Å². The van der Waals surface area contributed by atoms with Crippen LogP contribution in [-0.4, -0.2) is 48.0 Å². The lowest BCUT2D eigenvalue weighted by molar-refractivity contribution is -0.0826. The zero-order valence-electron chi connectivity index (χ0n) is 9.84. The molecule has 0 atom stereocenters. The van der Waals surface area contributed by atoms with Crippen molar-refractivity contribution in [3.8, 4) is 0 Å². The van der Waals surface area contributed by atoms with Gasteiger partial charge in [-0.15, -0.1) is 0 Å². The van der Waals surface area contributed by atoms with Gasteiger partial charge < -0.3 is 9.84 Å². The highest BCUT2D eigenvalue weighted by molar-refractivity contribution is 4.89. The highest BCUT2D eigenvalue weighted by atomic mass is 16.5. The number of methoxy groups -OCH3 is 1. The van der Waals surface area contributed by atoms with E-state index in [0.717, 1.165) is 25.9 Å². The van der Waals surface area contributed by atoms with Gasteiger partial charge in [-0.05, 0) is 33.6 Å². The van der Waals surface area contributed by atoms with Gasteiger partial charge in [-0.25, -0.2) is 0 Å². The van der Waals surface area contributed by atoms with E-state index < -0.39 is 5.60 Å². The number of hydrogen-bond donors (Lipinski definition) is 1. The summed E-state index contributed by atoms with van der Waals surface area (Å²) >= 11 is 0. The van der Waals surface area contributed by atoms with E-state index in [-0.39, 0.29) is 5.54 Å². The number of hydrogen-bond acceptors (Lipinski definition) is 3. The zero-order valence-corrected chi connectivity index (χ0v) is 9.84. The molecule has 0 saturated carbocycles. The summed E-state index contributed by atoms with van der Waals surface area (Å²) in [6.45, 7) is 9.03. The molecule has 1 rings (SSSR count). The van der Waals surface area contributed by atoms with Crippen LogP contribution in [0.5, 0.6) is 0 Å². The molecule has 84 valence electrons. The third-order valence-electron chi connectivity index (χ3n) is 3.06. The van der Waals surface area contributed by atoms with Crippen molar-refractivity contribution in [3.63, 3.8) is 0 Å². The van der Waals surface area contributed by atoms with Crippen molar-refractivity contribution in [3.05, 3.63) is 0 Å². The van der Waals surface area contributed by atoms with Crippen LogP contribution in [0.3, 0.4) is 0 Å². The number of aliphatic hydroxyl groups is 1. The van der Waals surface area contributed by atoms with E-state index in [1.165, 1.54) is 0 Å². The Morgan fingerprint density at radius 2 is 1.79 bits per heavy atom. The Morgan fingerprint density at radius 1 is 1.29 bits per heavy atom. The van der Waals surface area contributed by atoms with Crippen LogP contribution in [0, 0.1) is 0 Å². The Bertz CT molecular complexity index is 178. The molecule has 14 heavy (non-hydrogen) atoms. The third-order valence-corrected chi connectivity index (χ3v) is 3.06. The first kappa shape index (κ1) is 12.0. The summed E-state index contributed by atoms with van der Waals surface area (Å²) in [5.41, 5.74) is -0.370. The molecule has 1 N–H and O–H groups in total. The largest absolute Gasteiger partial charge is 0.387 e. The number of likely N-dealkylation sites (tertiary alicyclic amines) is 1. The van der Waals surface area contributed by atoms with Crippen molar-refractivity contribution in [2.75, 3.05) is 26.8 Å². The summed E-state index contributed by atoms with van der Waals surface area (Å²) in [7, 11) is 1.65. The molecule has 1 aliphatic heterocycles. The van der Waals surface area contributed by atoms with Gasteiger partial charge in [0.25, 0.3) is 0 Å². The standard InChI is InChI=1S/C11H23NO2/c1-10(2,3)12-7-5-11(13,6-8-12)9-14-4/h13H,5-9H2,1-4H3. The average molecular weight is 201 g/mol. The Hall–Kier alpha value is -0.120. The molecule has 1 fully saturated rings. The van der Waals surface area contributed by atoms with E-state index in [9.17, 15) is 5.11 Å². The Balaban J connectivity index is 2.45. The monoisotopic (exact) mass is 201 g/mol. The predicted octanol–water partition coefficient (Wildman–Crippen LogP) is 1.26. The van der Waals surface area contributed by atoms with Gasteiger partial charge >= 0.3 is 0 Å². The van der Waals surface area contributed by atoms with Gasteiger partial charge in [0.15, 0.2) is 0 Å². The van der Waals surface area contributed by atoms with E-state index in [0.29, 0.717) is 6.61 Å². The first-order chi connectivity index (χ1) is 6.37. The summed E-state index contributed by atoms with van der Waals surface area (Å²) in [5.74, 6) is 0. The lowest BCUT2D eigenvalue weighted by atomic mass is 9.89. The Labute approximate surface area is 87.1 Å². The second-order valence-corrected chi connectivity index (χ2v) is 5.32. The Kier molecular flexibility index (Phi) is 3.56. The molecule has 1 aliphatic rings. The van der Waals surface area contributed by atoms with Gasteiger partial charge in [-0.1, -0.05) is 0 Å². The van der Waals surface area contributed by atoms with Crippen molar-refractivity contribution < 1.29 is 9.84 Å². The van der Waals surface area contributed by atoms with Crippen molar-refractivity contribution >= 4 is 0 Å². The van der Waals surface area contributed by atoms with E-state index in [4.69, 9.17) is 4.74 Å². The topological polar surface area (TPSA) is 32.7 Å². The molecular weight excluding hydrogens is 178 g/mol. The molecule has 0 amide bonds. The van der Waals surface area contributed by atoms with Crippen LogP contribution in [0.4, 0.5) is 0 Å². The second-order valence-electron chi connectivity index (χ2n) is 5.32. The minimum Gasteiger partial charge on any atom is -0.387 e. The molecule has 0 unspecified atom stereocenters. The summed E-state index contributed by atoms with van der Waals surface area (Å²) in [6.07, 6.45) is 1.64. The van der Waals surface area contributed by atoms with Crippen molar-refractivity contribution in [1.82, 2.24) is 4.90 Å². The van der Waals surface area contributed by atoms with Gasteiger partial charge in [0, 0.05) is 25.7 Å². The highest BCUT2D eigenvalue weighted by Crippen LogP contribution is 2.26. The molecule has 0 radical (unpaired) electrons. The van der Waals surface area contributed by atoms with Crippen LogP contribution in [0.1, 0.15) is 33.6 Å². The average Bonchev–Trinajstić information content (AvgIpc) is 2.03. The maximum Gasteiger partial charge on any atom is 0.0904 e. The normalized spacial score (nSPS) is 23.8. The maximum atomic E-state index is 10.1. The molecule has 1 saturated heterocycles. The summed E-state index contributed by atoms with van der Waals surface area (Å²) in [5, 5.41) is 10.1. The number of rotatable bonds is 2. The molecule has 0 spiro atoms. The number of piperidine rings is 1. The smallest absolute Gasteiger partial charge is 0.0904 e. The van der Waals surface area contributed by atoms with Gasteiger partial charge in [0.1, 0.15) is 0 Å². The summed E-state index contributed by atoms with van der Waals surface area (Å²) < 4.78 is 5.04. The summed E-state index contributed by atoms with van der Waals surface area (Å²) in [6, 6.07) is 0. The molecule has 1 heterocycles. The molecule has 0 aromatic heterocycles. The molecule has 0 aromatic rings. The summed E-state index contributed by atoms with van der Waals surface area (Å²) in [4.78, 5) is 2.41. The van der Waals surface area contributed by atoms with Gasteiger partial charge in [-0.2, -0.15) is 0 Å². The molecular formula is C11H23NO2. The van der Waals surface area contributed by atoms with Gasteiger partial charge in [-0.3, -0.25) is 4.90 Å². The van der Waals surface area contributed by atoms with Crippen LogP contribution >= 0.6 is 0 Å². The van der Waals surface area contributed by atoms with Crippen LogP contribution in [0.15, 0.2) is 0 Å². The van der Waals surface area contributed by atoms with E-state index in [1.54, 1.807) is 7.11 Å². The molecule has 0 aromatic carbocycles. The molecule has 3 nitrogen and oxygen atoms in total.